The molecule has 0 aliphatic carbocycles. The van der Waals surface area contributed by atoms with E-state index < -0.39 is 0 Å². The number of anilines is 2. The molecule has 1 aromatic heterocycles. The molecule has 128 valence electrons. The summed E-state index contributed by atoms with van der Waals surface area (Å²) >= 11 is 12.3. The fourth-order valence-corrected chi connectivity index (χ4v) is 3.07. The van der Waals surface area contributed by atoms with Crippen LogP contribution in [0.3, 0.4) is 0 Å². The molecule has 0 saturated carbocycles. The van der Waals surface area contributed by atoms with Crippen molar-refractivity contribution in [1.82, 2.24) is 9.97 Å². The Balaban J connectivity index is 1.87. The Labute approximate surface area is 161 Å². The highest BCUT2D eigenvalue weighted by Crippen LogP contribution is 2.30. The first kappa shape index (κ1) is 16.8. The lowest BCUT2D eigenvalue weighted by atomic mass is 10.1. The molecule has 0 fully saturated rings. The molecule has 3 aromatic carbocycles. The van der Waals surface area contributed by atoms with Gasteiger partial charge in [0, 0.05) is 26.7 Å². The summed E-state index contributed by atoms with van der Waals surface area (Å²) in [6, 6.07) is 21.2. The summed E-state index contributed by atoms with van der Waals surface area (Å²) in [4.78, 5) is 9.46. The summed E-state index contributed by atoms with van der Waals surface area (Å²) in [5, 5.41) is 5.76. The van der Waals surface area contributed by atoms with Gasteiger partial charge in [-0.05, 0) is 61.0 Å². The van der Waals surface area contributed by atoms with Crippen molar-refractivity contribution in [3.63, 3.8) is 0 Å². The van der Waals surface area contributed by atoms with Crippen LogP contribution in [0, 0.1) is 6.92 Å². The van der Waals surface area contributed by atoms with E-state index in [0.29, 0.717) is 15.9 Å². The maximum absolute atomic E-state index is 6.26. The van der Waals surface area contributed by atoms with Crippen LogP contribution in [0.1, 0.15) is 5.56 Å². The number of hydrogen-bond donors (Lipinski definition) is 1. The third-order valence-corrected chi connectivity index (χ3v) is 4.89. The molecule has 5 heteroatoms. The number of hydrogen-bond acceptors (Lipinski definition) is 3. The topological polar surface area (TPSA) is 37.8 Å². The Morgan fingerprint density at radius 2 is 1.58 bits per heavy atom. The van der Waals surface area contributed by atoms with Crippen LogP contribution in [0.5, 0.6) is 0 Å². The van der Waals surface area contributed by atoms with E-state index in [9.17, 15) is 0 Å². The second kappa shape index (κ2) is 6.94. The van der Waals surface area contributed by atoms with Crippen molar-refractivity contribution in [3.05, 3.63) is 82.3 Å². The number of halogens is 2. The number of aromatic nitrogens is 2. The van der Waals surface area contributed by atoms with Gasteiger partial charge >= 0.3 is 0 Å². The fourth-order valence-electron chi connectivity index (χ4n) is 2.77. The van der Waals surface area contributed by atoms with Gasteiger partial charge in [-0.1, -0.05) is 41.4 Å². The Morgan fingerprint density at radius 3 is 2.38 bits per heavy atom. The SMILES string of the molecule is Cc1c(Cl)cccc1Nc1nc(-c2ccc(Cl)cc2)nc2ccccc12. The Hall–Kier alpha value is -2.62. The van der Waals surface area contributed by atoms with Gasteiger partial charge in [0.2, 0.25) is 0 Å². The standard InChI is InChI=1S/C21H15Cl2N3/c1-13-17(23)6-4-8-18(13)24-21-16-5-2-3-7-19(16)25-20(26-21)14-9-11-15(22)12-10-14/h2-12H,1H3,(H,24,25,26). The summed E-state index contributed by atoms with van der Waals surface area (Å²) in [5.41, 5.74) is 3.67. The predicted octanol–water partition coefficient (Wildman–Crippen LogP) is 6.66. The quantitative estimate of drug-likeness (QED) is 0.432. The summed E-state index contributed by atoms with van der Waals surface area (Å²) in [7, 11) is 0. The van der Waals surface area contributed by atoms with Crippen LogP contribution < -0.4 is 5.32 Å². The van der Waals surface area contributed by atoms with Crippen molar-refractivity contribution >= 4 is 45.6 Å². The summed E-state index contributed by atoms with van der Waals surface area (Å²) in [5.74, 6) is 1.38. The first-order chi connectivity index (χ1) is 12.6. The van der Waals surface area contributed by atoms with E-state index in [-0.39, 0.29) is 0 Å². The average Bonchev–Trinajstić information content (AvgIpc) is 2.66. The van der Waals surface area contributed by atoms with Gasteiger partial charge < -0.3 is 5.32 Å². The molecule has 0 aliphatic rings. The molecular weight excluding hydrogens is 365 g/mol. The highest BCUT2D eigenvalue weighted by molar-refractivity contribution is 6.31. The second-order valence-corrected chi connectivity index (χ2v) is 6.80. The molecule has 0 aliphatic heterocycles. The second-order valence-electron chi connectivity index (χ2n) is 5.96. The molecule has 3 nitrogen and oxygen atoms in total. The van der Waals surface area contributed by atoms with E-state index in [1.807, 2.05) is 73.7 Å². The van der Waals surface area contributed by atoms with Crippen LogP contribution in [0.2, 0.25) is 10.0 Å². The molecule has 4 rings (SSSR count). The smallest absolute Gasteiger partial charge is 0.162 e. The van der Waals surface area contributed by atoms with Gasteiger partial charge in [0.15, 0.2) is 5.82 Å². The molecule has 0 saturated heterocycles. The highest BCUT2D eigenvalue weighted by Gasteiger charge is 2.11. The van der Waals surface area contributed by atoms with Gasteiger partial charge in [0.1, 0.15) is 5.82 Å². The number of rotatable bonds is 3. The highest BCUT2D eigenvalue weighted by atomic mass is 35.5. The van der Waals surface area contributed by atoms with Crippen molar-refractivity contribution in [1.29, 1.82) is 0 Å². The number of nitrogens with zero attached hydrogens (tertiary/aromatic N) is 2. The van der Waals surface area contributed by atoms with Gasteiger partial charge in [-0.2, -0.15) is 0 Å². The third kappa shape index (κ3) is 3.24. The van der Waals surface area contributed by atoms with E-state index in [1.165, 1.54) is 0 Å². The minimum absolute atomic E-state index is 0.641. The van der Waals surface area contributed by atoms with Crippen molar-refractivity contribution in [3.8, 4) is 11.4 Å². The lowest BCUT2D eigenvalue weighted by Crippen LogP contribution is -2.00. The lowest BCUT2D eigenvalue weighted by molar-refractivity contribution is 1.22. The van der Waals surface area contributed by atoms with E-state index in [1.54, 1.807) is 0 Å². The zero-order chi connectivity index (χ0) is 18.1. The number of fused-ring (bicyclic) bond motifs is 1. The molecule has 1 heterocycles. The van der Waals surface area contributed by atoms with Crippen LogP contribution in [-0.2, 0) is 0 Å². The number of nitrogens with one attached hydrogen (secondary N) is 1. The Kier molecular flexibility index (Phi) is 4.49. The van der Waals surface area contributed by atoms with Gasteiger partial charge in [0.25, 0.3) is 0 Å². The van der Waals surface area contributed by atoms with Crippen LogP contribution in [-0.4, -0.2) is 9.97 Å². The minimum atomic E-state index is 0.641. The maximum Gasteiger partial charge on any atom is 0.162 e. The Morgan fingerprint density at radius 1 is 0.808 bits per heavy atom. The first-order valence-corrected chi connectivity index (χ1v) is 8.92. The molecule has 1 N–H and O–H groups in total. The predicted molar refractivity (Wildman–Crippen MR) is 109 cm³/mol. The zero-order valence-corrected chi connectivity index (χ0v) is 15.5. The zero-order valence-electron chi connectivity index (χ0n) is 14.0. The van der Waals surface area contributed by atoms with Crippen molar-refractivity contribution < 1.29 is 0 Å². The van der Waals surface area contributed by atoms with Crippen molar-refractivity contribution in [2.24, 2.45) is 0 Å². The molecule has 0 radical (unpaired) electrons. The van der Waals surface area contributed by atoms with Crippen molar-refractivity contribution in [2.45, 2.75) is 6.92 Å². The van der Waals surface area contributed by atoms with Crippen LogP contribution in [0.15, 0.2) is 66.7 Å². The monoisotopic (exact) mass is 379 g/mol. The van der Waals surface area contributed by atoms with E-state index in [0.717, 1.165) is 33.5 Å². The normalized spacial score (nSPS) is 10.9. The Bertz CT molecular complexity index is 1090. The molecular formula is C21H15Cl2N3. The van der Waals surface area contributed by atoms with E-state index in [4.69, 9.17) is 33.2 Å². The van der Waals surface area contributed by atoms with Crippen LogP contribution in [0.4, 0.5) is 11.5 Å². The summed E-state index contributed by atoms with van der Waals surface area (Å²) in [6.07, 6.45) is 0. The van der Waals surface area contributed by atoms with Gasteiger partial charge in [0.05, 0.1) is 5.52 Å². The van der Waals surface area contributed by atoms with Crippen LogP contribution in [0.25, 0.3) is 22.3 Å². The summed E-state index contributed by atoms with van der Waals surface area (Å²) in [6.45, 7) is 1.98. The molecule has 0 unspecified atom stereocenters. The van der Waals surface area contributed by atoms with Gasteiger partial charge in [-0.3, -0.25) is 0 Å². The maximum atomic E-state index is 6.26. The fraction of sp³-hybridized carbons (Fsp3) is 0.0476. The molecule has 26 heavy (non-hydrogen) atoms. The molecule has 4 aromatic rings. The van der Waals surface area contributed by atoms with E-state index in [2.05, 4.69) is 5.32 Å². The van der Waals surface area contributed by atoms with E-state index >= 15 is 0 Å². The first-order valence-electron chi connectivity index (χ1n) is 8.17. The summed E-state index contributed by atoms with van der Waals surface area (Å²) < 4.78 is 0. The molecule has 0 amide bonds. The molecule has 0 bridgehead atoms. The third-order valence-electron chi connectivity index (χ3n) is 4.23. The molecule has 0 spiro atoms. The number of benzene rings is 3. The van der Waals surface area contributed by atoms with Crippen molar-refractivity contribution in [2.75, 3.05) is 5.32 Å². The lowest BCUT2D eigenvalue weighted by Gasteiger charge is -2.13. The van der Waals surface area contributed by atoms with Gasteiger partial charge in [-0.25, -0.2) is 9.97 Å². The minimum Gasteiger partial charge on any atom is -0.339 e. The van der Waals surface area contributed by atoms with Crippen LogP contribution >= 0.6 is 23.2 Å². The molecule has 0 atom stereocenters. The average molecular weight is 380 g/mol. The van der Waals surface area contributed by atoms with Gasteiger partial charge in [-0.15, -0.1) is 0 Å². The largest absolute Gasteiger partial charge is 0.339 e. The number of para-hydroxylation sites is 1.